The number of carbonyl (C=O) groups is 2. The van der Waals surface area contributed by atoms with Crippen molar-refractivity contribution in [3.05, 3.63) is 95.3 Å². The molecule has 2 aromatic carbocycles. The maximum atomic E-state index is 13.0. The van der Waals surface area contributed by atoms with Crippen molar-refractivity contribution < 1.29 is 9.59 Å². The minimum absolute atomic E-state index is 0.224. The molecule has 1 aromatic heterocycles. The molecule has 2 amide bonds. The highest BCUT2D eigenvalue weighted by molar-refractivity contribution is 6.05. The predicted octanol–water partition coefficient (Wildman–Crippen LogP) is 3.99. The Balaban J connectivity index is 1.76. The number of nitrogens with one attached hydrogen (secondary N) is 1. The van der Waals surface area contributed by atoms with Crippen LogP contribution >= 0.6 is 0 Å². The van der Waals surface area contributed by atoms with E-state index in [0.717, 1.165) is 16.8 Å². The highest BCUT2D eigenvalue weighted by atomic mass is 16.2. The van der Waals surface area contributed by atoms with E-state index in [2.05, 4.69) is 10.3 Å². The van der Waals surface area contributed by atoms with Gasteiger partial charge in [0.25, 0.3) is 11.8 Å². The molecule has 0 aliphatic heterocycles. The fourth-order valence-electron chi connectivity index (χ4n) is 2.93. The van der Waals surface area contributed by atoms with Crippen molar-refractivity contribution in [2.75, 3.05) is 11.4 Å². The van der Waals surface area contributed by atoms with Crippen molar-refractivity contribution in [2.24, 2.45) is 0 Å². The fraction of sp³-hybridized carbons (Fsp3) is 0.174. The summed E-state index contributed by atoms with van der Waals surface area (Å²) < 4.78 is 0. The van der Waals surface area contributed by atoms with Crippen LogP contribution in [-0.2, 0) is 6.54 Å². The number of hydrogen-bond donors (Lipinski definition) is 1. The topological polar surface area (TPSA) is 62.3 Å². The molecule has 0 unspecified atom stereocenters. The zero-order valence-electron chi connectivity index (χ0n) is 16.1. The number of anilines is 1. The van der Waals surface area contributed by atoms with Crippen LogP contribution in [0.15, 0.2) is 72.8 Å². The molecule has 3 rings (SSSR count). The first-order chi connectivity index (χ1) is 13.6. The first-order valence-electron chi connectivity index (χ1n) is 9.26. The number of aryl methyl sites for hydroxylation is 1. The molecule has 5 heteroatoms. The van der Waals surface area contributed by atoms with Crippen molar-refractivity contribution in [3.63, 3.8) is 0 Å². The summed E-state index contributed by atoms with van der Waals surface area (Å²) in [6, 6.07) is 22.3. The molecule has 0 spiro atoms. The van der Waals surface area contributed by atoms with E-state index in [1.54, 1.807) is 23.1 Å². The number of benzene rings is 2. The van der Waals surface area contributed by atoms with E-state index in [1.165, 1.54) is 0 Å². The molecular formula is C23H23N3O2. The third kappa shape index (κ3) is 4.62. The number of amides is 2. The summed E-state index contributed by atoms with van der Waals surface area (Å²) in [4.78, 5) is 31.4. The molecule has 0 aliphatic rings. The van der Waals surface area contributed by atoms with Gasteiger partial charge in [0, 0.05) is 18.8 Å². The van der Waals surface area contributed by atoms with Gasteiger partial charge in [-0.25, -0.2) is 4.98 Å². The molecule has 0 saturated heterocycles. The Hall–Kier alpha value is -3.47. The van der Waals surface area contributed by atoms with Crippen molar-refractivity contribution >= 4 is 17.5 Å². The summed E-state index contributed by atoms with van der Waals surface area (Å²) in [7, 11) is 0. The average Bonchev–Trinajstić information content (AvgIpc) is 2.73. The standard InChI is InChI=1S/C23H23N3O2/c1-3-26(19-12-7-9-17(2)15-19)23(28)21-14-8-13-20(25-21)22(27)24-16-18-10-5-4-6-11-18/h4-15H,3,16H2,1-2H3,(H,24,27). The molecule has 142 valence electrons. The monoisotopic (exact) mass is 373 g/mol. The van der Waals surface area contributed by atoms with Gasteiger partial charge >= 0.3 is 0 Å². The quantitative estimate of drug-likeness (QED) is 0.711. The Morgan fingerprint density at radius 3 is 2.36 bits per heavy atom. The van der Waals surface area contributed by atoms with Gasteiger partial charge in [0.05, 0.1) is 0 Å². The normalized spacial score (nSPS) is 10.4. The summed E-state index contributed by atoms with van der Waals surface area (Å²) >= 11 is 0. The van der Waals surface area contributed by atoms with E-state index < -0.39 is 0 Å². The lowest BCUT2D eigenvalue weighted by Crippen LogP contribution is -2.32. The van der Waals surface area contributed by atoms with Gasteiger partial charge in [-0.1, -0.05) is 48.5 Å². The molecule has 0 atom stereocenters. The van der Waals surface area contributed by atoms with E-state index in [1.807, 2.05) is 68.4 Å². The Labute approximate surface area is 165 Å². The maximum absolute atomic E-state index is 13.0. The zero-order valence-corrected chi connectivity index (χ0v) is 16.1. The lowest BCUT2D eigenvalue weighted by molar-refractivity contribution is 0.0945. The number of rotatable bonds is 6. The first kappa shape index (κ1) is 19.3. The minimum Gasteiger partial charge on any atom is -0.347 e. The Bertz CT molecular complexity index is 970. The Morgan fingerprint density at radius 1 is 0.929 bits per heavy atom. The smallest absolute Gasteiger partial charge is 0.276 e. The van der Waals surface area contributed by atoms with Gasteiger partial charge < -0.3 is 10.2 Å². The van der Waals surface area contributed by atoms with Crippen LogP contribution in [0.4, 0.5) is 5.69 Å². The average molecular weight is 373 g/mol. The van der Waals surface area contributed by atoms with Crippen LogP contribution < -0.4 is 10.2 Å². The van der Waals surface area contributed by atoms with Crippen LogP contribution in [0.25, 0.3) is 0 Å². The highest BCUT2D eigenvalue weighted by Crippen LogP contribution is 2.18. The number of hydrogen-bond acceptors (Lipinski definition) is 3. The first-order valence-corrected chi connectivity index (χ1v) is 9.26. The van der Waals surface area contributed by atoms with Gasteiger partial charge in [0.2, 0.25) is 0 Å². The second-order valence-electron chi connectivity index (χ2n) is 6.46. The summed E-state index contributed by atoms with van der Waals surface area (Å²) in [5.41, 5.74) is 3.36. The molecule has 28 heavy (non-hydrogen) atoms. The molecular weight excluding hydrogens is 350 g/mol. The summed E-state index contributed by atoms with van der Waals surface area (Å²) in [6.07, 6.45) is 0. The SMILES string of the molecule is CCN(C(=O)c1cccc(C(=O)NCc2ccccc2)n1)c1cccc(C)c1. The van der Waals surface area contributed by atoms with Crippen LogP contribution in [0, 0.1) is 6.92 Å². The van der Waals surface area contributed by atoms with Gasteiger partial charge in [-0.05, 0) is 49.2 Å². The van der Waals surface area contributed by atoms with Gasteiger partial charge in [-0.15, -0.1) is 0 Å². The highest BCUT2D eigenvalue weighted by Gasteiger charge is 2.19. The van der Waals surface area contributed by atoms with Gasteiger partial charge in [-0.2, -0.15) is 0 Å². The lowest BCUT2D eigenvalue weighted by Gasteiger charge is -2.21. The van der Waals surface area contributed by atoms with E-state index in [9.17, 15) is 9.59 Å². The second-order valence-corrected chi connectivity index (χ2v) is 6.46. The van der Waals surface area contributed by atoms with Crippen LogP contribution in [0.2, 0.25) is 0 Å². The summed E-state index contributed by atoms with van der Waals surface area (Å²) in [5.74, 6) is -0.539. The lowest BCUT2D eigenvalue weighted by atomic mass is 10.2. The van der Waals surface area contributed by atoms with Crippen molar-refractivity contribution in [3.8, 4) is 0 Å². The minimum atomic E-state index is -0.308. The summed E-state index contributed by atoms with van der Waals surface area (Å²) in [6.45, 7) is 4.81. The molecule has 3 aromatic rings. The van der Waals surface area contributed by atoms with Gasteiger partial charge in [-0.3, -0.25) is 9.59 Å². The zero-order chi connectivity index (χ0) is 19.9. The maximum Gasteiger partial charge on any atom is 0.276 e. The molecule has 0 radical (unpaired) electrons. The third-order valence-electron chi connectivity index (χ3n) is 4.37. The molecule has 0 saturated carbocycles. The largest absolute Gasteiger partial charge is 0.347 e. The molecule has 5 nitrogen and oxygen atoms in total. The molecule has 1 N–H and O–H groups in total. The fourth-order valence-corrected chi connectivity index (χ4v) is 2.93. The number of nitrogens with zero attached hydrogens (tertiary/aromatic N) is 2. The molecule has 1 heterocycles. The van der Waals surface area contributed by atoms with Crippen molar-refractivity contribution in [1.29, 1.82) is 0 Å². The Kier molecular flexibility index (Phi) is 6.17. The van der Waals surface area contributed by atoms with Crippen LogP contribution in [0.5, 0.6) is 0 Å². The van der Waals surface area contributed by atoms with Gasteiger partial charge in [0.15, 0.2) is 0 Å². The second kappa shape index (κ2) is 8.95. The van der Waals surface area contributed by atoms with Crippen molar-refractivity contribution in [2.45, 2.75) is 20.4 Å². The number of carbonyl (C=O) groups excluding carboxylic acids is 2. The number of pyridine rings is 1. The third-order valence-corrected chi connectivity index (χ3v) is 4.37. The number of aromatic nitrogens is 1. The van der Waals surface area contributed by atoms with Crippen LogP contribution in [-0.4, -0.2) is 23.3 Å². The van der Waals surface area contributed by atoms with Crippen LogP contribution in [0.3, 0.4) is 0 Å². The van der Waals surface area contributed by atoms with E-state index in [4.69, 9.17) is 0 Å². The van der Waals surface area contributed by atoms with E-state index in [0.29, 0.717) is 13.1 Å². The summed E-state index contributed by atoms with van der Waals surface area (Å²) in [5, 5.41) is 2.84. The van der Waals surface area contributed by atoms with E-state index in [-0.39, 0.29) is 23.2 Å². The molecule has 0 bridgehead atoms. The Morgan fingerprint density at radius 2 is 1.64 bits per heavy atom. The molecule has 0 aliphatic carbocycles. The van der Waals surface area contributed by atoms with E-state index >= 15 is 0 Å². The van der Waals surface area contributed by atoms with Crippen molar-refractivity contribution in [1.82, 2.24) is 10.3 Å². The molecule has 0 fully saturated rings. The predicted molar refractivity (Wildman–Crippen MR) is 110 cm³/mol. The van der Waals surface area contributed by atoms with Gasteiger partial charge in [0.1, 0.15) is 11.4 Å². The van der Waals surface area contributed by atoms with Crippen LogP contribution in [0.1, 0.15) is 39.0 Å².